The third-order valence-electron chi connectivity index (χ3n) is 5.00. The molecule has 0 radical (unpaired) electrons. The zero-order valence-electron chi connectivity index (χ0n) is 15.5. The van der Waals surface area contributed by atoms with Crippen LogP contribution in [0.3, 0.4) is 0 Å². The van der Waals surface area contributed by atoms with E-state index in [4.69, 9.17) is 13.6 Å². The number of piperidine rings is 1. The van der Waals surface area contributed by atoms with Crippen molar-refractivity contribution in [3.8, 4) is 0 Å². The molecule has 3 aliphatic heterocycles. The minimum Gasteiger partial charge on any atom is -0.462 e. The summed E-state index contributed by atoms with van der Waals surface area (Å²) in [6.07, 6.45) is 0.452. The van der Waals surface area contributed by atoms with Gasteiger partial charge in [0.2, 0.25) is 0 Å². The largest absolute Gasteiger partial charge is 0.462 e. The molecule has 0 saturated carbocycles. The Bertz CT molecular complexity index is 641. The summed E-state index contributed by atoms with van der Waals surface area (Å²) in [6.45, 7) is -2.48. The molecule has 0 amide bonds. The Kier molecular flexibility index (Phi) is 3.67. The minimum atomic E-state index is -2.15. The molecule has 126 valence electrons. The zero-order valence-corrected chi connectivity index (χ0v) is 13.3. The molecule has 0 spiro atoms. The summed E-state index contributed by atoms with van der Waals surface area (Å²) in [6, 6.07) is 8.56. The zero-order chi connectivity index (χ0) is 17.8. The highest BCUT2D eigenvalue weighted by molar-refractivity contribution is 5.85. The van der Waals surface area contributed by atoms with Crippen LogP contribution in [-0.4, -0.2) is 60.0 Å². The van der Waals surface area contributed by atoms with Crippen molar-refractivity contribution in [1.82, 2.24) is 4.90 Å². The lowest BCUT2D eigenvalue weighted by atomic mass is 9.97. The lowest BCUT2D eigenvalue weighted by Gasteiger charge is -2.38. The number of carbonyl (C=O) groups excluding carboxylic acids is 1. The molecule has 1 N–H and O–H groups in total. The molecule has 6 heteroatoms. The maximum Gasteiger partial charge on any atom is 0.316 e. The van der Waals surface area contributed by atoms with E-state index in [2.05, 4.69) is 0 Å². The van der Waals surface area contributed by atoms with E-state index in [1.165, 1.54) is 0 Å². The highest BCUT2D eigenvalue weighted by Crippen LogP contribution is 2.48. The molecule has 3 fully saturated rings. The van der Waals surface area contributed by atoms with Crippen LogP contribution in [0.1, 0.15) is 28.4 Å². The second-order valence-corrected chi connectivity index (χ2v) is 6.28. The summed E-state index contributed by atoms with van der Waals surface area (Å²) >= 11 is 0. The summed E-state index contributed by atoms with van der Waals surface area (Å²) in [5.74, 6) is -1.18. The summed E-state index contributed by atoms with van der Waals surface area (Å²) in [7, 11) is 0. The highest BCUT2D eigenvalue weighted by Gasteiger charge is 2.62. The molecule has 3 aliphatic rings. The number of hydrogen-bond acceptors (Lipinski definition) is 5. The smallest absolute Gasteiger partial charge is 0.316 e. The predicted molar refractivity (Wildman–Crippen MR) is 86.6 cm³/mol. The Morgan fingerprint density at radius 2 is 2.04 bits per heavy atom. The maximum atomic E-state index is 12.5. The van der Waals surface area contributed by atoms with Crippen molar-refractivity contribution >= 4 is 18.4 Å². The van der Waals surface area contributed by atoms with Crippen molar-refractivity contribution in [2.45, 2.75) is 49.2 Å². The van der Waals surface area contributed by atoms with Gasteiger partial charge >= 0.3 is 5.97 Å². The van der Waals surface area contributed by atoms with Crippen LogP contribution < -0.4 is 0 Å². The molecule has 6 atom stereocenters. The summed E-state index contributed by atoms with van der Waals surface area (Å²) in [5, 5.41) is 9.59. The van der Waals surface area contributed by atoms with E-state index >= 15 is 0 Å². The number of halogens is 1. The summed E-state index contributed by atoms with van der Waals surface area (Å²) in [4.78, 5) is 14.1. The van der Waals surface area contributed by atoms with Gasteiger partial charge in [0.25, 0.3) is 0 Å². The average Bonchev–Trinajstić information content (AvgIpc) is 3.31. The normalized spacial score (nSPS) is 38.3. The molecule has 23 heavy (non-hydrogen) atoms. The van der Waals surface area contributed by atoms with Gasteiger partial charge in [0.05, 0.1) is 6.61 Å². The first-order valence-electron chi connectivity index (χ1n) is 9.20. The number of morpholine rings is 1. The van der Waals surface area contributed by atoms with Crippen molar-refractivity contribution in [3.05, 3.63) is 35.9 Å². The van der Waals surface area contributed by atoms with E-state index in [-0.39, 0.29) is 49.4 Å². The van der Waals surface area contributed by atoms with Crippen molar-refractivity contribution < 1.29 is 23.5 Å². The first-order valence-corrected chi connectivity index (χ1v) is 7.70. The number of esters is 1. The monoisotopic (exact) mass is 342 g/mol. The van der Waals surface area contributed by atoms with Crippen LogP contribution in [0.2, 0.25) is 0 Å². The van der Waals surface area contributed by atoms with Crippen LogP contribution in [0.5, 0.6) is 0 Å². The molecule has 1 aromatic rings. The topological polar surface area (TPSA) is 62.3 Å². The Morgan fingerprint density at radius 1 is 1.39 bits per heavy atom. The number of hydrogen-bond donors (Lipinski definition) is 1. The number of aliphatic hydroxyl groups is 1. The lowest BCUT2D eigenvalue weighted by Crippen LogP contribution is -2.48. The number of likely N-dealkylation sites (N-methyl/N-ethyl adjacent to an activating group) is 1. The molecule has 0 aliphatic carbocycles. The SMILES string of the molecule is Cl.[2H]C([2H])([2H])N1[C@@H]2CC(OC(=O)C(CO)c3ccccc3)C[C@H]1[C@@H]1O[C@@H]12. The predicted octanol–water partition coefficient (Wildman–Crippen LogP) is 1.34. The second kappa shape index (κ2) is 6.40. The molecule has 3 heterocycles. The number of fused-ring (bicyclic) bond motifs is 5. The van der Waals surface area contributed by atoms with Gasteiger partial charge in [-0.25, -0.2) is 0 Å². The number of ether oxygens (including phenoxy) is 2. The van der Waals surface area contributed by atoms with Crippen LogP contribution in [0, 0.1) is 0 Å². The van der Waals surface area contributed by atoms with E-state index in [0.717, 1.165) is 0 Å². The first-order chi connectivity index (χ1) is 11.9. The fourth-order valence-electron chi connectivity index (χ4n) is 3.79. The standard InChI is InChI=1S/C17H21NO4.ClH/c1-18-13-7-11(8-14(18)16-15(13)22-16)21-17(20)12(9-19)10-5-3-2-4-6-10;/h2-6,11-16,19H,7-9H2,1H3;1H/t11?,12?,13-,14+,15-,16+;/i1D3;. The molecule has 5 nitrogen and oxygen atoms in total. The summed E-state index contributed by atoms with van der Waals surface area (Å²) < 4.78 is 34.4. The van der Waals surface area contributed by atoms with Crippen LogP contribution >= 0.6 is 12.4 Å². The van der Waals surface area contributed by atoms with Gasteiger partial charge < -0.3 is 14.6 Å². The van der Waals surface area contributed by atoms with Gasteiger partial charge in [-0.15, -0.1) is 12.4 Å². The maximum absolute atomic E-state index is 12.5. The third-order valence-corrected chi connectivity index (χ3v) is 5.00. The number of aliphatic hydroxyl groups excluding tert-OH is 1. The molecular weight excluding hydrogens is 318 g/mol. The second-order valence-electron chi connectivity index (χ2n) is 6.28. The van der Waals surface area contributed by atoms with Crippen molar-refractivity contribution in [2.24, 2.45) is 0 Å². The van der Waals surface area contributed by atoms with E-state index < -0.39 is 18.9 Å². The van der Waals surface area contributed by atoms with Gasteiger partial charge in [-0.3, -0.25) is 9.69 Å². The fourth-order valence-corrected chi connectivity index (χ4v) is 3.79. The Labute approximate surface area is 146 Å². The molecule has 2 bridgehead atoms. The van der Waals surface area contributed by atoms with Gasteiger partial charge in [0.15, 0.2) is 0 Å². The molecule has 2 unspecified atom stereocenters. The van der Waals surface area contributed by atoms with E-state index in [9.17, 15) is 9.90 Å². The van der Waals surface area contributed by atoms with Crippen LogP contribution in [0.4, 0.5) is 0 Å². The minimum absolute atomic E-state index is 0. The van der Waals surface area contributed by atoms with Crippen LogP contribution in [0.15, 0.2) is 30.3 Å². The summed E-state index contributed by atoms with van der Waals surface area (Å²) in [5.41, 5.74) is 0.712. The number of rotatable bonds is 4. The van der Waals surface area contributed by atoms with E-state index in [0.29, 0.717) is 18.4 Å². The van der Waals surface area contributed by atoms with Crippen LogP contribution in [0.25, 0.3) is 0 Å². The van der Waals surface area contributed by atoms with Crippen LogP contribution in [-0.2, 0) is 14.3 Å². The number of epoxide rings is 1. The van der Waals surface area contributed by atoms with E-state index in [1.807, 2.05) is 18.2 Å². The fraction of sp³-hybridized carbons (Fsp3) is 0.588. The number of carbonyl (C=O) groups is 1. The van der Waals surface area contributed by atoms with Crippen molar-refractivity contribution in [2.75, 3.05) is 13.6 Å². The number of nitrogens with zero attached hydrogens (tertiary/aromatic N) is 1. The Morgan fingerprint density at radius 3 is 2.61 bits per heavy atom. The molecule has 0 aromatic heterocycles. The Balaban J connectivity index is 0.00000196. The van der Waals surface area contributed by atoms with Gasteiger partial charge in [-0.2, -0.15) is 0 Å². The quantitative estimate of drug-likeness (QED) is 0.661. The Hall–Kier alpha value is -1.14. The average molecular weight is 343 g/mol. The van der Waals surface area contributed by atoms with Gasteiger partial charge in [-0.1, -0.05) is 30.3 Å². The third kappa shape index (κ3) is 2.87. The number of benzene rings is 1. The van der Waals surface area contributed by atoms with Gasteiger partial charge in [0, 0.05) is 29.0 Å². The van der Waals surface area contributed by atoms with Gasteiger partial charge in [0.1, 0.15) is 24.2 Å². The lowest BCUT2D eigenvalue weighted by molar-refractivity contribution is -0.156. The molecule has 4 rings (SSSR count). The molecule has 3 saturated heterocycles. The van der Waals surface area contributed by atoms with Crippen molar-refractivity contribution in [3.63, 3.8) is 0 Å². The highest BCUT2D eigenvalue weighted by atomic mass is 35.5. The molecule has 1 aromatic carbocycles. The first kappa shape index (κ1) is 13.2. The van der Waals surface area contributed by atoms with Crippen molar-refractivity contribution in [1.29, 1.82) is 0 Å². The van der Waals surface area contributed by atoms with E-state index in [1.54, 1.807) is 17.0 Å². The molecular formula is C17H22ClNO4. The van der Waals surface area contributed by atoms with Gasteiger partial charge in [-0.05, 0) is 12.5 Å².